The van der Waals surface area contributed by atoms with E-state index in [1.165, 1.54) is 7.11 Å². The molecule has 1 aliphatic rings. The molecule has 0 radical (unpaired) electrons. The molecule has 30 heavy (non-hydrogen) atoms. The Bertz CT molecular complexity index is 1120. The normalized spacial score (nSPS) is 14.4. The average molecular weight is 423 g/mol. The van der Waals surface area contributed by atoms with Crippen LogP contribution in [-0.2, 0) is 20.7 Å². The van der Waals surface area contributed by atoms with Gasteiger partial charge in [0.15, 0.2) is 0 Å². The lowest BCUT2D eigenvalue weighted by Gasteiger charge is -2.17. The number of hydrogen-bond acceptors (Lipinski definition) is 5. The fraction of sp³-hybridized carbons (Fsp3) is 0.227. The molecule has 0 saturated heterocycles. The molecule has 1 atom stereocenters. The number of amides is 2. The number of esters is 1. The Kier molecular flexibility index (Phi) is 5.76. The van der Waals surface area contributed by atoms with Crippen LogP contribution in [-0.4, -0.2) is 41.7 Å². The molecule has 1 aromatic heterocycles. The third-order valence-electron chi connectivity index (χ3n) is 4.99. The maximum Gasteiger partial charge on any atom is 0.328 e. The number of para-hydroxylation sites is 1. The third kappa shape index (κ3) is 4.18. The highest BCUT2D eigenvalue weighted by Gasteiger charge is 2.24. The minimum Gasteiger partial charge on any atom is -0.467 e. The Morgan fingerprint density at radius 1 is 1.23 bits per heavy atom. The Balaban J connectivity index is 1.55. The number of rotatable bonds is 5. The van der Waals surface area contributed by atoms with Crippen LogP contribution in [0.4, 0.5) is 5.69 Å². The molecule has 7 nitrogen and oxygen atoms in total. The predicted molar refractivity (Wildman–Crippen MR) is 116 cm³/mol. The molecule has 2 aromatic carbocycles. The SMILES string of the molecule is COC(=O)[C@@H](Cc1c[nH]c2ccccc12)NC(=O)c1ccc2c(c1)NC(=O)CCS2. The molecule has 3 aromatic rings. The Morgan fingerprint density at radius 2 is 2.07 bits per heavy atom. The summed E-state index contributed by atoms with van der Waals surface area (Å²) in [7, 11) is 1.30. The van der Waals surface area contributed by atoms with Gasteiger partial charge in [-0.2, -0.15) is 0 Å². The van der Waals surface area contributed by atoms with Crippen molar-refractivity contribution in [2.45, 2.75) is 23.8 Å². The van der Waals surface area contributed by atoms with E-state index < -0.39 is 17.9 Å². The molecule has 3 N–H and O–H groups in total. The molecule has 154 valence electrons. The number of carbonyl (C=O) groups is 3. The van der Waals surface area contributed by atoms with Crippen LogP contribution in [0.5, 0.6) is 0 Å². The van der Waals surface area contributed by atoms with Gasteiger partial charge < -0.3 is 20.4 Å². The lowest BCUT2D eigenvalue weighted by Crippen LogP contribution is -2.43. The van der Waals surface area contributed by atoms with Crippen LogP contribution in [0.15, 0.2) is 53.6 Å². The van der Waals surface area contributed by atoms with E-state index in [0.29, 0.717) is 29.8 Å². The summed E-state index contributed by atoms with van der Waals surface area (Å²) in [5, 5.41) is 6.59. The second-order valence-electron chi connectivity index (χ2n) is 6.97. The van der Waals surface area contributed by atoms with Crippen LogP contribution >= 0.6 is 11.8 Å². The van der Waals surface area contributed by atoms with Crippen molar-refractivity contribution < 1.29 is 19.1 Å². The fourth-order valence-electron chi connectivity index (χ4n) is 3.46. The summed E-state index contributed by atoms with van der Waals surface area (Å²) in [6, 6.07) is 12.1. The summed E-state index contributed by atoms with van der Waals surface area (Å²) in [6.07, 6.45) is 2.55. The number of aromatic amines is 1. The molecule has 0 saturated carbocycles. The first-order chi connectivity index (χ1) is 14.5. The topological polar surface area (TPSA) is 100 Å². The van der Waals surface area contributed by atoms with E-state index in [1.807, 2.05) is 36.5 Å². The van der Waals surface area contributed by atoms with Gasteiger partial charge in [-0.05, 0) is 29.8 Å². The van der Waals surface area contributed by atoms with Crippen LogP contribution in [0.25, 0.3) is 10.9 Å². The van der Waals surface area contributed by atoms with Gasteiger partial charge in [0, 0.05) is 46.2 Å². The molecule has 0 fully saturated rings. The van der Waals surface area contributed by atoms with Gasteiger partial charge in [-0.15, -0.1) is 11.8 Å². The first-order valence-electron chi connectivity index (χ1n) is 9.55. The molecule has 8 heteroatoms. The largest absolute Gasteiger partial charge is 0.467 e. The zero-order valence-corrected chi connectivity index (χ0v) is 17.2. The number of methoxy groups -OCH3 is 1. The van der Waals surface area contributed by atoms with Crippen LogP contribution in [0.3, 0.4) is 0 Å². The van der Waals surface area contributed by atoms with E-state index in [4.69, 9.17) is 4.74 Å². The lowest BCUT2D eigenvalue weighted by atomic mass is 10.0. The Morgan fingerprint density at radius 3 is 2.90 bits per heavy atom. The molecular weight excluding hydrogens is 402 g/mol. The van der Waals surface area contributed by atoms with Crippen molar-refractivity contribution in [3.63, 3.8) is 0 Å². The number of thioether (sulfide) groups is 1. The smallest absolute Gasteiger partial charge is 0.328 e. The van der Waals surface area contributed by atoms with Crippen LogP contribution in [0.1, 0.15) is 22.3 Å². The molecule has 0 bridgehead atoms. The molecule has 2 amide bonds. The van der Waals surface area contributed by atoms with Crippen molar-refractivity contribution in [2.75, 3.05) is 18.2 Å². The minimum absolute atomic E-state index is 0.0782. The summed E-state index contributed by atoms with van der Waals surface area (Å²) >= 11 is 1.57. The zero-order chi connectivity index (χ0) is 21.1. The maximum absolute atomic E-state index is 12.9. The van der Waals surface area contributed by atoms with Gasteiger partial charge in [-0.3, -0.25) is 9.59 Å². The highest BCUT2D eigenvalue weighted by molar-refractivity contribution is 7.99. The van der Waals surface area contributed by atoms with Crippen molar-refractivity contribution in [3.05, 3.63) is 59.8 Å². The molecular formula is C22H21N3O4S. The summed E-state index contributed by atoms with van der Waals surface area (Å²) in [4.78, 5) is 41.1. The predicted octanol–water partition coefficient (Wildman–Crippen LogP) is 3.12. The fourth-order valence-corrected chi connectivity index (χ4v) is 4.40. The second kappa shape index (κ2) is 8.62. The van der Waals surface area contributed by atoms with E-state index in [-0.39, 0.29) is 5.91 Å². The molecule has 2 heterocycles. The molecule has 0 spiro atoms. The minimum atomic E-state index is -0.843. The van der Waals surface area contributed by atoms with Crippen molar-refractivity contribution in [1.29, 1.82) is 0 Å². The van der Waals surface area contributed by atoms with E-state index >= 15 is 0 Å². The monoisotopic (exact) mass is 423 g/mol. The number of fused-ring (bicyclic) bond motifs is 2. The highest BCUT2D eigenvalue weighted by Crippen LogP contribution is 2.31. The van der Waals surface area contributed by atoms with Gasteiger partial charge >= 0.3 is 5.97 Å². The summed E-state index contributed by atoms with van der Waals surface area (Å²) in [5.74, 6) is -0.311. The van der Waals surface area contributed by atoms with Gasteiger partial charge in [0.2, 0.25) is 5.91 Å². The highest BCUT2D eigenvalue weighted by atomic mass is 32.2. The molecule has 0 unspecified atom stereocenters. The van der Waals surface area contributed by atoms with Crippen molar-refractivity contribution in [1.82, 2.24) is 10.3 Å². The van der Waals surface area contributed by atoms with Gasteiger partial charge in [0.25, 0.3) is 5.91 Å². The average Bonchev–Trinajstić information content (AvgIpc) is 3.06. The number of carbonyl (C=O) groups excluding carboxylic acids is 3. The van der Waals surface area contributed by atoms with E-state index in [0.717, 1.165) is 21.4 Å². The number of aromatic nitrogens is 1. The molecule has 1 aliphatic heterocycles. The van der Waals surface area contributed by atoms with Crippen LogP contribution < -0.4 is 10.6 Å². The van der Waals surface area contributed by atoms with Gasteiger partial charge in [-0.25, -0.2) is 4.79 Å². The van der Waals surface area contributed by atoms with E-state index in [2.05, 4.69) is 15.6 Å². The molecule has 0 aliphatic carbocycles. The first kappa shape index (κ1) is 20.0. The number of ether oxygens (including phenoxy) is 1. The van der Waals surface area contributed by atoms with Gasteiger partial charge in [0.05, 0.1) is 12.8 Å². The van der Waals surface area contributed by atoms with Crippen molar-refractivity contribution >= 4 is 46.1 Å². The summed E-state index contributed by atoms with van der Waals surface area (Å²) in [6.45, 7) is 0. The van der Waals surface area contributed by atoms with Crippen LogP contribution in [0, 0.1) is 0 Å². The van der Waals surface area contributed by atoms with Crippen molar-refractivity contribution in [2.24, 2.45) is 0 Å². The molecule has 4 rings (SSSR count). The Labute approximate surface area is 177 Å². The summed E-state index contributed by atoms with van der Waals surface area (Å²) < 4.78 is 4.91. The number of anilines is 1. The first-order valence-corrected chi connectivity index (χ1v) is 10.5. The maximum atomic E-state index is 12.9. The standard InChI is InChI=1S/C22H21N3O4S/c1-29-22(28)18(11-14-12-23-16-5-3-2-4-15(14)16)25-21(27)13-6-7-19-17(10-13)24-20(26)8-9-30-19/h2-7,10,12,18,23H,8-9,11H2,1H3,(H,24,26)(H,25,27)/t18-/m1/s1. The van der Waals surface area contributed by atoms with E-state index in [9.17, 15) is 14.4 Å². The second-order valence-corrected chi connectivity index (χ2v) is 8.11. The van der Waals surface area contributed by atoms with Crippen LogP contribution in [0.2, 0.25) is 0 Å². The Hall–Kier alpha value is -3.26. The number of H-pyrrole nitrogens is 1. The number of hydrogen-bond donors (Lipinski definition) is 3. The van der Waals surface area contributed by atoms with Gasteiger partial charge in [-0.1, -0.05) is 18.2 Å². The summed E-state index contributed by atoms with van der Waals surface area (Å²) in [5.41, 5.74) is 2.85. The van der Waals surface area contributed by atoms with Crippen molar-refractivity contribution in [3.8, 4) is 0 Å². The van der Waals surface area contributed by atoms with Gasteiger partial charge in [0.1, 0.15) is 6.04 Å². The lowest BCUT2D eigenvalue weighted by molar-refractivity contribution is -0.142. The number of nitrogens with one attached hydrogen (secondary N) is 3. The quantitative estimate of drug-likeness (QED) is 0.548. The number of benzene rings is 2. The third-order valence-corrected chi connectivity index (χ3v) is 6.07. The van der Waals surface area contributed by atoms with E-state index in [1.54, 1.807) is 23.9 Å². The zero-order valence-electron chi connectivity index (χ0n) is 16.4.